The topological polar surface area (TPSA) is 102 Å². The molecule has 0 radical (unpaired) electrons. The van der Waals surface area contributed by atoms with Crippen LogP contribution in [0.4, 0.5) is 4.79 Å². The molecule has 0 heterocycles. The van der Waals surface area contributed by atoms with Crippen LogP contribution in [0.1, 0.15) is 33.6 Å². The third kappa shape index (κ3) is 25.3. The fourth-order valence-electron chi connectivity index (χ4n) is 0.829. The molecule has 1 N–H and O–H groups in total. The van der Waals surface area contributed by atoms with Crippen molar-refractivity contribution in [2.45, 2.75) is 45.8 Å². The van der Waals surface area contributed by atoms with Gasteiger partial charge in [-0.2, -0.15) is 0 Å². The van der Waals surface area contributed by atoms with E-state index in [1.807, 2.05) is 13.8 Å². The first-order chi connectivity index (χ1) is 7.93. The first kappa shape index (κ1) is 23.5. The normalized spacial score (nSPS) is 12.7. The van der Waals surface area contributed by atoms with Crippen molar-refractivity contribution in [3.8, 4) is 0 Å². The Morgan fingerprint density at radius 2 is 1.72 bits per heavy atom. The smallest absolute Gasteiger partial charge is 0.652 e. The molecule has 2 atom stereocenters. The van der Waals surface area contributed by atoms with Crippen molar-refractivity contribution in [1.82, 2.24) is 0 Å². The van der Waals surface area contributed by atoms with Crippen molar-refractivity contribution < 1.29 is 29.6 Å². The maximum Gasteiger partial charge on any atom is 2.00 e. The van der Waals surface area contributed by atoms with Crippen LogP contribution in [0, 0.1) is 0 Å². The van der Waals surface area contributed by atoms with Gasteiger partial charge < -0.3 is 29.6 Å². The number of carbonyl (C=O) groups excluding carboxylic acids is 1. The van der Waals surface area contributed by atoms with Gasteiger partial charge in [-0.1, -0.05) is 13.3 Å². The number of unbranched alkanes of at least 4 members (excludes halogenated alkanes) is 1. The van der Waals surface area contributed by atoms with E-state index in [1.54, 1.807) is 0 Å². The van der Waals surface area contributed by atoms with Gasteiger partial charge in [0, 0.05) is 6.61 Å². The molecular formula is C11H22CaO6. The molecule has 18 heavy (non-hydrogen) atoms. The Morgan fingerprint density at radius 1 is 1.22 bits per heavy atom. The summed E-state index contributed by atoms with van der Waals surface area (Å²) in [7, 11) is 0. The zero-order chi connectivity index (χ0) is 13.7. The summed E-state index contributed by atoms with van der Waals surface area (Å²) in [4.78, 5) is 8.33. The van der Waals surface area contributed by atoms with Gasteiger partial charge in [-0.05, 0) is 26.4 Å². The minimum absolute atomic E-state index is 0. The number of carboxylic acid groups (broad SMARTS) is 2. The average Bonchev–Trinajstić information content (AvgIpc) is 2.25. The van der Waals surface area contributed by atoms with E-state index in [0.717, 1.165) is 19.4 Å². The predicted molar refractivity (Wildman–Crippen MR) is 64.0 cm³/mol. The number of aliphatic hydroxyl groups excluding tert-OH is 1. The molecule has 0 saturated carbocycles. The van der Waals surface area contributed by atoms with Crippen LogP contribution in [0.2, 0.25) is 0 Å². The summed E-state index contributed by atoms with van der Waals surface area (Å²) in [5.74, 6) is 0. The van der Waals surface area contributed by atoms with E-state index in [-0.39, 0.29) is 56.6 Å². The predicted octanol–water partition coefficient (Wildman–Crippen LogP) is -1.24. The first-order valence-electron chi connectivity index (χ1n) is 5.66. The summed E-state index contributed by atoms with van der Waals surface area (Å²) in [6.45, 7) is 7.40. The van der Waals surface area contributed by atoms with Gasteiger partial charge in [0.2, 0.25) is 0 Å². The van der Waals surface area contributed by atoms with Crippen LogP contribution in [-0.2, 0) is 9.47 Å². The van der Waals surface area contributed by atoms with Gasteiger partial charge in [-0.25, -0.2) is 0 Å². The Bertz CT molecular complexity index is 175. The minimum atomic E-state index is -2.33. The van der Waals surface area contributed by atoms with Crippen LogP contribution in [0.25, 0.3) is 0 Å². The van der Waals surface area contributed by atoms with Crippen molar-refractivity contribution in [1.29, 1.82) is 0 Å². The Kier molecular flexibility index (Phi) is 22.7. The molecule has 0 aliphatic carbocycles. The average molecular weight is 290 g/mol. The Balaban J connectivity index is -0.000000392. The number of hydrogen-bond acceptors (Lipinski definition) is 6. The summed E-state index contributed by atoms with van der Waals surface area (Å²) in [5, 5.41) is 25.4. The molecule has 0 bridgehead atoms. The van der Waals surface area contributed by atoms with Gasteiger partial charge in [0.1, 0.15) is 0 Å². The molecule has 0 aliphatic rings. The summed E-state index contributed by atoms with van der Waals surface area (Å²) in [6.07, 6.45) is -0.0432. The molecule has 0 aromatic heterocycles. The quantitative estimate of drug-likeness (QED) is 0.443. The van der Waals surface area contributed by atoms with E-state index >= 15 is 0 Å². The molecule has 0 saturated heterocycles. The molecule has 0 spiro atoms. The molecule has 0 rings (SSSR count). The first-order valence-corrected chi connectivity index (χ1v) is 5.66. The Morgan fingerprint density at radius 3 is 2.11 bits per heavy atom. The van der Waals surface area contributed by atoms with E-state index in [1.165, 1.54) is 0 Å². The minimum Gasteiger partial charge on any atom is -0.652 e. The third-order valence-electron chi connectivity index (χ3n) is 1.77. The van der Waals surface area contributed by atoms with Gasteiger partial charge in [-0.3, -0.25) is 0 Å². The number of aliphatic hydroxyl groups is 1. The van der Waals surface area contributed by atoms with Crippen LogP contribution in [0.3, 0.4) is 0 Å². The number of ether oxygens (including phenoxy) is 2. The zero-order valence-electron chi connectivity index (χ0n) is 11.4. The van der Waals surface area contributed by atoms with Crippen molar-refractivity contribution >= 4 is 43.9 Å². The van der Waals surface area contributed by atoms with Crippen molar-refractivity contribution in [2.24, 2.45) is 0 Å². The van der Waals surface area contributed by atoms with Crippen LogP contribution in [-0.4, -0.2) is 81.0 Å². The summed E-state index contributed by atoms with van der Waals surface area (Å²) >= 11 is 0. The van der Waals surface area contributed by atoms with Gasteiger partial charge >= 0.3 is 37.7 Å². The molecule has 104 valence electrons. The molecule has 0 aromatic rings. The fourth-order valence-corrected chi connectivity index (χ4v) is 0.829. The molecule has 2 unspecified atom stereocenters. The zero-order valence-corrected chi connectivity index (χ0v) is 13.6. The summed E-state index contributed by atoms with van der Waals surface area (Å²) in [5.41, 5.74) is 0. The van der Waals surface area contributed by atoms with E-state index < -0.39 is 6.16 Å². The maximum absolute atomic E-state index is 8.70. The molecule has 0 aromatic carbocycles. The molecule has 6 nitrogen and oxygen atoms in total. The van der Waals surface area contributed by atoms with Crippen LogP contribution in [0.15, 0.2) is 0 Å². The van der Waals surface area contributed by atoms with E-state index in [0.29, 0.717) is 6.61 Å². The third-order valence-corrected chi connectivity index (χ3v) is 1.77. The van der Waals surface area contributed by atoms with Gasteiger partial charge in [0.15, 0.2) is 0 Å². The fraction of sp³-hybridized carbons (Fsp3) is 0.909. The standard InChI is InChI=1S/C10H22O3.CH2O3.Ca/c1-4-5-6-12-10(3)8-13-9(2)7-11;2-1(3)4;/h9-11H,4-8H2,1-3H3;(H2,2,3,4);/q;;+2/p-2. The Labute approximate surface area is 138 Å². The SMILES string of the molecule is CCCCOC(C)COC(C)CO.O=C([O-])[O-].[Ca+2]. The second-order valence-corrected chi connectivity index (χ2v) is 3.61. The molecule has 7 heteroatoms. The largest absolute Gasteiger partial charge is 2.00 e. The molecular weight excluding hydrogens is 268 g/mol. The van der Waals surface area contributed by atoms with Gasteiger partial charge in [0.25, 0.3) is 0 Å². The van der Waals surface area contributed by atoms with Crippen LogP contribution >= 0.6 is 0 Å². The summed E-state index contributed by atoms with van der Waals surface area (Å²) in [6, 6.07) is 0. The maximum atomic E-state index is 8.70. The van der Waals surface area contributed by atoms with Gasteiger partial charge in [0.05, 0.1) is 25.4 Å². The number of carbonyl (C=O) groups is 1. The molecule has 0 amide bonds. The monoisotopic (exact) mass is 290 g/mol. The second kappa shape index (κ2) is 17.4. The summed E-state index contributed by atoms with van der Waals surface area (Å²) < 4.78 is 10.8. The van der Waals surface area contributed by atoms with Crippen LogP contribution in [0.5, 0.6) is 0 Å². The van der Waals surface area contributed by atoms with E-state index in [4.69, 9.17) is 29.6 Å². The van der Waals surface area contributed by atoms with E-state index in [2.05, 4.69) is 6.92 Å². The van der Waals surface area contributed by atoms with Crippen molar-refractivity contribution in [3.05, 3.63) is 0 Å². The second-order valence-electron chi connectivity index (χ2n) is 3.61. The molecule has 0 aliphatic heterocycles. The number of rotatable bonds is 8. The Hall–Kier alpha value is 0.410. The van der Waals surface area contributed by atoms with Gasteiger partial charge in [-0.15, -0.1) is 0 Å². The van der Waals surface area contributed by atoms with Crippen LogP contribution < -0.4 is 10.2 Å². The van der Waals surface area contributed by atoms with E-state index in [9.17, 15) is 0 Å². The van der Waals surface area contributed by atoms with Crippen molar-refractivity contribution in [2.75, 3.05) is 19.8 Å². The molecule has 0 fully saturated rings. The van der Waals surface area contributed by atoms with Crippen molar-refractivity contribution in [3.63, 3.8) is 0 Å². The number of hydrogen-bond donors (Lipinski definition) is 1.